The number of nitrogens with zero attached hydrogens (tertiary/aromatic N) is 1. The summed E-state index contributed by atoms with van der Waals surface area (Å²) in [6.45, 7) is 8.20. The van der Waals surface area contributed by atoms with Crippen LogP contribution in [0.1, 0.15) is 97.6 Å². The van der Waals surface area contributed by atoms with Crippen LogP contribution in [0.5, 0.6) is 0 Å². The summed E-state index contributed by atoms with van der Waals surface area (Å²) in [5.74, 6) is -14.3. The van der Waals surface area contributed by atoms with Crippen LogP contribution in [0.3, 0.4) is 0 Å². The molecule has 512 valence electrons. The van der Waals surface area contributed by atoms with E-state index in [2.05, 4.69) is 63.1 Å². The number of nitrogens with one attached hydrogen (secondary N) is 11. The predicted molar refractivity (Wildman–Crippen MR) is 343 cm³/mol. The molecule has 1 heterocycles. The van der Waals surface area contributed by atoms with E-state index in [9.17, 15) is 77.6 Å². The van der Waals surface area contributed by atoms with Crippen molar-refractivity contribution in [3.63, 3.8) is 0 Å². The molecule has 33 heteroatoms. The maximum Gasteiger partial charge on any atom is 0.326 e. The maximum atomic E-state index is 14.5. The van der Waals surface area contributed by atoms with Gasteiger partial charge in [0.25, 0.3) is 0 Å². The number of nitrogens with two attached hydrogens (primary N) is 4. The number of aromatic nitrogens is 1. The van der Waals surface area contributed by atoms with Crippen LogP contribution >= 0.6 is 11.8 Å². The van der Waals surface area contributed by atoms with Crippen LogP contribution < -0.4 is 76.1 Å². The van der Waals surface area contributed by atoms with Crippen LogP contribution in [0.25, 0.3) is 10.9 Å². The van der Waals surface area contributed by atoms with Gasteiger partial charge in [0.2, 0.25) is 65.0 Å². The van der Waals surface area contributed by atoms with Crippen molar-refractivity contribution in [2.24, 2.45) is 39.8 Å². The van der Waals surface area contributed by atoms with Gasteiger partial charge in [0.05, 0.1) is 25.1 Å². The second kappa shape index (κ2) is 39.1. The molecule has 0 aliphatic heterocycles. The number of guanidine groups is 1. The molecule has 3 aromatic rings. The van der Waals surface area contributed by atoms with Crippen LogP contribution in [0.15, 0.2) is 65.8 Å². The van der Waals surface area contributed by atoms with Gasteiger partial charge in [0, 0.05) is 42.9 Å². The Balaban J connectivity index is 1.83. The second-order valence-corrected chi connectivity index (χ2v) is 24.0. The number of amides is 11. The lowest BCUT2D eigenvalue weighted by atomic mass is 10.0. The first-order chi connectivity index (χ1) is 43.8. The minimum atomic E-state index is -1.81. The number of H-pyrrole nitrogens is 1. The highest BCUT2D eigenvalue weighted by Crippen LogP contribution is 2.20. The Morgan fingerprint density at radius 1 is 0.570 bits per heavy atom. The lowest BCUT2D eigenvalue weighted by Crippen LogP contribution is -2.61. The number of carboxylic acid groups (broad SMARTS) is 2. The molecule has 11 atom stereocenters. The number of carboxylic acids is 2. The molecule has 0 saturated carbocycles. The van der Waals surface area contributed by atoms with E-state index in [1.54, 1.807) is 80.9 Å². The molecule has 3 rings (SSSR count). The summed E-state index contributed by atoms with van der Waals surface area (Å²) in [5, 5.41) is 55.6. The molecule has 2 aromatic carbocycles. The van der Waals surface area contributed by atoms with E-state index in [1.807, 2.05) is 0 Å². The van der Waals surface area contributed by atoms with Crippen molar-refractivity contribution in [2.75, 3.05) is 25.1 Å². The number of aliphatic imine (C=N–C) groups is 1. The Hall–Kier alpha value is -9.37. The molecule has 0 spiro atoms. The number of benzene rings is 2. The number of primary amides is 1. The topological polar surface area (TPSA) is 535 Å². The Morgan fingerprint density at radius 3 is 1.67 bits per heavy atom. The fraction of sp³-hybridized carbons (Fsp3) is 0.533. The Morgan fingerprint density at radius 2 is 1.10 bits per heavy atom. The number of hydrogen-bond donors (Lipinski definition) is 18. The van der Waals surface area contributed by atoms with Crippen molar-refractivity contribution in [1.29, 1.82) is 0 Å². The third-order valence-corrected chi connectivity index (χ3v) is 14.9. The number of carbonyl (C=O) groups is 13. The van der Waals surface area contributed by atoms with Crippen molar-refractivity contribution in [3.8, 4) is 0 Å². The number of aliphatic carboxylic acids is 2. The van der Waals surface area contributed by atoms with E-state index in [0.29, 0.717) is 27.8 Å². The fourth-order valence-corrected chi connectivity index (χ4v) is 9.80. The highest BCUT2D eigenvalue weighted by atomic mass is 32.2. The molecular weight excluding hydrogens is 1230 g/mol. The van der Waals surface area contributed by atoms with Gasteiger partial charge in [-0.3, -0.25) is 62.5 Å². The molecule has 0 fully saturated rings. The van der Waals surface area contributed by atoms with Crippen LogP contribution in [-0.4, -0.2) is 195 Å². The third kappa shape index (κ3) is 27.6. The van der Waals surface area contributed by atoms with E-state index < -0.39 is 175 Å². The van der Waals surface area contributed by atoms with Crippen LogP contribution in [0, 0.1) is 11.8 Å². The van der Waals surface area contributed by atoms with Gasteiger partial charge in [0.15, 0.2) is 5.96 Å². The lowest BCUT2D eigenvalue weighted by Gasteiger charge is -2.28. The van der Waals surface area contributed by atoms with Crippen LogP contribution in [0.2, 0.25) is 0 Å². The first-order valence-corrected chi connectivity index (χ1v) is 31.5. The summed E-state index contributed by atoms with van der Waals surface area (Å²) in [6.07, 6.45) is -0.509. The van der Waals surface area contributed by atoms with E-state index in [4.69, 9.17) is 22.9 Å². The number of aliphatic hydroxyl groups is 1. The Kier molecular flexibility index (Phi) is 32.8. The molecule has 0 saturated heterocycles. The standard InChI is InChI=1S/C60H90N16O16S/c1-30(2)24-41(74-58(90)49(33(6)77)75-46(79)29-67-57(89)48(31(3)4)76-52(84)38(19-20-47(80)81)68-54(86)42(71-50(82)32(5)61)25-34-14-9-8-10-15-34)53(85)73-44(27-45(62)78)56(88)72-43(26-35-28-66-37-17-12-11-16-36(35)37)55(87)69-39(21-23-93-7)51(83)70-40(59(91)92)18-13-22-65-60(63)64/h8-12,14-17,28,30-33,38-44,48-49,66,77H,13,18-27,29,61H2,1-7H3,(H2,62,78)(H,67,89)(H,68,86)(H,69,87)(H,70,83)(H,71,82)(H,72,88)(H,73,85)(H,74,90)(H,75,79)(H,76,84)(H,80,81)(H,91,92)(H4,63,64,65)/t32-,33+,38-,39-,40-,41-,42-,43-,44-,48-,49-/m0/s1. The number of aromatic amines is 1. The summed E-state index contributed by atoms with van der Waals surface area (Å²) in [4.78, 5) is 182. The summed E-state index contributed by atoms with van der Waals surface area (Å²) < 4.78 is 0. The largest absolute Gasteiger partial charge is 0.481 e. The molecule has 32 nitrogen and oxygen atoms in total. The molecule has 0 bridgehead atoms. The monoisotopic (exact) mass is 1320 g/mol. The smallest absolute Gasteiger partial charge is 0.326 e. The molecule has 0 aliphatic carbocycles. The van der Waals surface area contributed by atoms with E-state index in [-0.39, 0.29) is 56.9 Å². The zero-order valence-electron chi connectivity index (χ0n) is 53.1. The van der Waals surface area contributed by atoms with Crippen molar-refractivity contribution >= 4 is 106 Å². The average molecular weight is 1320 g/mol. The number of thioether (sulfide) groups is 1. The van der Waals surface area contributed by atoms with Crippen LogP contribution in [0.4, 0.5) is 0 Å². The molecule has 11 amide bonds. The molecule has 1 aromatic heterocycles. The second-order valence-electron chi connectivity index (χ2n) is 23.0. The highest BCUT2D eigenvalue weighted by molar-refractivity contribution is 7.98. The first kappa shape index (κ1) is 77.9. The zero-order chi connectivity index (χ0) is 69.6. The van der Waals surface area contributed by atoms with E-state index >= 15 is 0 Å². The number of rotatable bonds is 41. The quantitative estimate of drug-likeness (QED) is 0.0149. The number of carbonyl (C=O) groups excluding carboxylic acids is 11. The number of aliphatic hydroxyl groups excluding tert-OH is 1. The van der Waals surface area contributed by atoms with Crippen molar-refractivity contribution in [3.05, 3.63) is 71.9 Å². The maximum absolute atomic E-state index is 14.5. The number of fused-ring (bicyclic) bond motifs is 1. The van der Waals surface area contributed by atoms with Gasteiger partial charge >= 0.3 is 11.9 Å². The molecular formula is C60H90N16O16S. The zero-order valence-corrected chi connectivity index (χ0v) is 53.9. The first-order valence-electron chi connectivity index (χ1n) is 30.1. The number of para-hydroxylation sites is 1. The normalized spacial score (nSPS) is 14.7. The van der Waals surface area contributed by atoms with Gasteiger partial charge in [0.1, 0.15) is 54.4 Å². The highest BCUT2D eigenvalue weighted by Gasteiger charge is 2.37. The third-order valence-electron chi connectivity index (χ3n) is 14.3. The Labute approximate surface area is 542 Å². The van der Waals surface area contributed by atoms with Gasteiger partial charge in [-0.2, -0.15) is 11.8 Å². The van der Waals surface area contributed by atoms with Crippen molar-refractivity contribution in [2.45, 2.75) is 166 Å². The van der Waals surface area contributed by atoms with Gasteiger partial charge < -0.3 is 96.4 Å². The van der Waals surface area contributed by atoms with Crippen molar-refractivity contribution in [1.82, 2.24) is 58.2 Å². The van der Waals surface area contributed by atoms with Crippen molar-refractivity contribution < 1.29 is 77.6 Å². The van der Waals surface area contributed by atoms with Crippen LogP contribution in [-0.2, 0) is 75.2 Å². The van der Waals surface area contributed by atoms with E-state index in [1.165, 1.54) is 32.5 Å². The lowest BCUT2D eigenvalue weighted by molar-refractivity contribution is -0.142. The SMILES string of the molecule is CSCC[C@H](NC(=O)[C@H](Cc1c[nH]c2ccccc12)NC(=O)[C@H](CC(N)=O)NC(=O)[C@H](CC(C)C)NC(=O)[C@@H](NC(=O)CNC(=O)[C@@H](NC(=O)[C@H](CCC(=O)O)NC(=O)[C@H](Cc1ccccc1)NC(=O)[C@H](C)N)C(C)C)[C@@H](C)O)C(=O)N[C@@H](CCCN=C(N)N)C(=O)O. The minimum Gasteiger partial charge on any atom is -0.481 e. The summed E-state index contributed by atoms with van der Waals surface area (Å²) in [6, 6.07) is 0.862. The molecule has 22 N–H and O–H groups in total. The molecule has 0 unspecified atom stereocenters. The molecule has 0 aliphatic rings. The van der Waals surface area contributed by atoms with E-state index in [0.717, 1.165) is 6.92 Å². The summed E-state index contributed by atoms with van der Waals surface area (Å²) >= 11 is 1.33. The van der Waals surface area contributed by atoms with Gasteiger partial charge in [-0.05, 0) is 87.0 Å². The average Bonchev–Trinajstić information content (AvgIpc) is 1.78. The predicted octanol–water partition coefficient (Wildman–Crippen LogP) is -3.51. The molecule has 93 heavy (non-hydrogen) atoms. The molecule has 0 radical (unpaired) electrons. The Bertz CT molecular complexity index is 3100. The van der Waals surface area contributed by atoms with Gasteiger partial charge in [-0.15, -0.1) is 0 Å². The summed E-state index contributed by atoms with van der Waals surface area (Å²) in [7, 11) is 0. The summed E-state index contributed by atoms with van der Waals surface area (Å²) in [5.41, 5.74) is 23.9. The number of hydrogen-bond acceptors (Lipinski definition) is 17. The minimum absolute atomic E-state index is 0.00970. The van der Waals surface area contributed by atoms with Gasteiger partial charge in [-0.25, -0.2) is 4.79 Å². The van der Waals surface area contributed by atoms with Gasteiger partial charge in [-0.1, -0.05) is 76.2 Å². The fourth-order valence-electron chi connectivity index (χ4n) is 9.33.